The fourth-order valence-electron chi connectivity index (χ4n) is 1.79. The Morgan fingerprint density at radius 3 is 2.72 bits per heavy atom. The van der Waals surface area contributed by atoms with E-state index in [9.17, 15) is 4.79 Å². The topological polar surface area (TPSA) is 83.8 Å². The van der Waals surface area contributed by atoms with E-state index in [1.54, 1.807) is 6.92 Å². The predicted octanol–water partition coefficient (Wildman–Crippen LogP) is 1.27. The summed E-state index contributed by atoms with van der Waals surface area (Å²) in [5.74, 6) is 0.0550. The molecule has 4 N–H and O–H groups in total. The van der Waals surface area contributed by atoms with Crippen LogP contribution in [0.1, 0.15) is 21.6 Å². The number of aromatic nitrogens is 2. The molecule has 1 amide bonds. The first kappa shape index (κ1) is 12.2. The van der Waals surface area contributed by atoms with Gasteiger partial charge < -0.3 is 11.1 Å². The molecule has 0 aliphatic heterocycles. The monoisotopic (exact) mass is 244 g/mol. The predicted molar refractivity (Wildman–Crippen MR) is 70.2 cm³/mol. The van der Waals surface area contributed by atoms with Gasteiger partial charge in [-0.05, 0) is 18.9 Å². The van der Waals surface area contributed by atoms with Gasteiger partial charge in [0.15, 0.2) is 5.82 Å². The number of nitrogen functional groups attached to an aromatic ring is 1. The van der Waals surface area contributed by atoms with Gasteiger partial charge in [-0.15, -0.1) is 0 Å². The molecule has 0 unspecified atom stereocenters. The maximum absolute atomic E-state index is 11.9. The van der Waals surface area contributed by atoms with Crippen molar-refractivity contribution < 1.29 is 4.79 Å². The van der Waals surface area contributed by atoms with Crippen molar-refractivity contribution >= 4 is 11.7 Å². The van der Waals surface area contributed by atoms with Gasteiger partial charge in [-0.2, -0.15) is 5.10 Å². The van der Waals surface area contributed by atoms with Crippen LogP contribution in [0.3, 0.4) is 0 Å². The lowest BCUT2D eigenvalue weighted by Crippen LogP contribution is -2.26. The van der Waals surface area contributed by atoms with Crippen molar-refractivity contribution in [2.75, 3.05) is 12.3 Å². The zero-order valence-electron chi connectivity index (χ0n) is 10.2. The molecule has 0 saturated heterocycles. The first-order valence-electron chi connectivity index (χ1n) is 5.81. The van der Waals surface area contributed by atoms with Crippen molar-refractivity contribution in [2.24, 2.45) is 0 Å². The minimum atomic E-state index is -0.185. The van der Waals surface area contributed by atoms with E-state index in [-0.39, 0.29) is 11.7 Å². The molecule has 94 valence electrons. The molecule has 5 heteroatoms. The largest absolute Gasteiger partial charge is 0.382 e. The molecule has 1 heterocycles. The summed E-state index contributed by atoms with van der Waals surface area (Å²) >= 11 is 0. The lowest BCUT2D eigenvalue weighted by molar-refractivity contribution is 0.0954. The molecule has 2 aromatic rings. The molecule has 0 aliphatic rings. The molecule has 0 bridgehead atoms. The highest BCUT2D eigenvalue weighted by Crippen LogP contribution is 2.11. The van der Waals surface area contributed by atoms with Crippen molar-refractivity contribution in [1.29, 1.82) is 0 Å². The lowest BCUT2D eigenvalue weighted by Gasteiger charge is -2.05. The zero-order chi connectivity index (χ0) is 13.0. The number of hydrogen-bond acceptors (Lipinski definition) is 3. The second-order valence-corrected chi connectivity index (χ2v) is 4.10. The summed E-state index contributed by atoms with van der Waals surface area (Å²) in [6.45, 7) is 2.35. The number of nitrogens with two attached hydrogens (primary N) is 1. The maximum atomic E-state index is 11.9. The Balaban J connectivity index is 1.90. The average Bonchev–Trinajstić information content (AvgIpc) is 2.70. The molecule has 0 aliphatic carbocycles. The maximum Gasteiger partial charge on any atom is 0.256 e. The van der Waals surface area contributed by atoms with Crippen molar-refractivity contribution in [3.63, 3.8) is 0 Å². The van der Waals surface area contributed by atoms with Gasteiger partial charge in [0.2, 0.25) is 0 Å². The van der Waals surface area contributed by atoms with Gasteiger partial charge >= 0.3 is 0 Å². The lowest BCUT2D eigenvalue weighted by atomic mass is 10.1. The first-order valence-corrected chi connectivity index (χ1v) is 5.81. The highest BCUT2D eigenvalue weighted by Gasteiger charge is 2.15. The van der Waals surface area contributed by atoms with E-state index < -0.39 is 0 Å². The van der Waals surface area contributed by atoms with Crippen LogP contribution >= 0.6 is 0 Å². The summed E-state index contributed by atoms with van der Waals surface area (Å²) in [4.78, 5) is 11.9. The molecule has 1 aromatic heterocycles. The molecule has 2 rings (SSSR count). The molecule has 0 atom stereocenters. The summed E-state index contributed by atoms with van der Waals surface area (Å²) in [5, 5.41) is 9.32. The van der Waals surface area contributed by atoms with Crippen LogP contribution in [0.2, 0.25) is 0 Å². The van der Waals surface area contributed by atoms with Crippen molar-refractivity contribution in [3.05, 3.63) is 47.2 Å². The van der Waals surface area contributed by atoms with E-state index in [4.69, 9.17) is 5.73 Å². The number of rotatable bonds is 4. The second kappa shape index (κ2) is 5.35. The molecule has 0 radical (unpaired) electrons. The molecular formula is C13H16N4O. The summed E-state index contributed by atoms with van der Waals surface area (Å²) in [6.07, 6.45) is 0.795. The number of benzene rings is 1. The van der Waals surface area contributed by atoms with Crippen LogP contribution in [0.25, 0.3) is 0 Å². The Morgan fingerprint density at radius 2 is 2.11 bits per heavy atom. The number of aromatic amines is 1. The van der Waals surface area contributed by atoms with Crippen molar-refractivity contribution in [3.8, 4) is 0 Å². The second-order valence-electron chi connectivity index (χ2n) is 4.10. The van der Waals surface area contributed by atoms with Crippen LogP contribution in [0.15, 0.2) is 30.3 Å². The molecule has 0 fully saturated rings. The minimum Gasteiger partial charge on any atom is -0.382 e. The fraction of sp³-hybridized carbons (Fsp3) is 0.231. The van der Waals surface area contributed by atoms with Crippen molar-refractivity contribution in [1.82, 2.24) is 15.5 Å². The molecule has 0 saturated carbocycles. The minimum absolute atomic E-state index is 0.185. The Labute approximate surface area is 105 Å². The Morgan fingerprint density at radius 1 is 1.39 bits per heavy atom. The number of hydrogen-bond donors (Lipinski definition) is 3. The molecule has 18 heavy (non-hydrogen) atoms. The number of carbonyl (C=O) groups excluding carboxylic acids is 1. The molecule has 0 spiro atoms. The summed E-state index contributed by atoms with van der Waals surface area (Å²) in [6, 6.07) is 10.00. The van der Waals surface area contributed by atoms with E-state index in [0.29, 0.717) is 17.8 Å². The van der Waals surface area contributed by atoms with E-state index >= 15 is 0 Å². The first-order chi connectivity index (χ1) is 8.68. The highest BCUT2D eigenvalue weighted by atomic mass is 16.1. The fourth-order valence-corrected chi connectivity index (χ4v) is 1.79. The standard InChI is InChI=1S/C13H16N4O/c1-9-11(12(14)17-16-9)13(18)15-8-7-10-5-3-2-4-6-10/h2-6H,7-8H2,1H3,(H,15,18)(H3,14,16,17). The third-order valence-electron chi connectivity index (χ3n) is 2.74. The molecule has 5 nitrogen and oxygen atoms in total. The number of nitrogens with one attached hydrogen (secondary N) is 2. The summed E-state index contributed by atoms with van der Waals surface area (Å²) < 4.78 is 0. The van der Waals surface area contributed by atoms with E-state index in [1.165, 1.54) is 5.56 Å². The number of anilines is 1. The quantitative estimate of drug-likeness (QED) is 0.757. The molecular weight excluding hydrogens is 228 g/mol. The average molecular weight is 244 g/mol. The SMILES string of the molecule is Cc1[nH]nc(N)c1C(=O)NCCc1ccccc1. The molecule has 1 aromatic carbocycles. The van der Waals surface area contributed by atoms with Crippen LogP contribution in [-0.2, 0) is 6.42 Å². The Kier molecular flexibility index (Phi) is 3.62. The Bertz CT molecular complexity index is 514. The van der Waals surface area contributed by atoms with Crippen LogP contribution in [0, 0.1) is 6.92 Å². The van der Waals surface area contributed by atoms with E-state index in [0.717, 1.165) is 6.42 Å². The van der Waals surface area contributed by atoms with Gasteiger partial charge in [-0.1, -0.05) is 30.3 Å². The number of H-pyrrole nitrogens is 1. The van der Waals surface area contributed by atoms with E-state index in [2.05, 4.69) is 15.5 Å². The van der Waals surface area contributed by atoms with Crippen LogP contribution in [0.4, 0.5) is 5.82 Å². The third-order valence-corrected chi connectivity index (χ3v) is 2.74. The van der Waals surface area contributed by atoms with Gasteiger partial charge in [-0.25, -0.2) is 0 Å². The van der Waals surface area contributed by atoms with Gasteiger partial charge in [0.1, 0.15) is 5.56 Å². The highest BCUT2D eigenvalue weighted by molar-refractivity contribution is 5.99. The summed E-state index contributed by atoms with van der Waals surface area (Å²) in [7, 11) is 0. The number of nitrogens with zero attached hydrogens (tertiary/aromatic N) is 1. The van der Waals surface area contributed by atoms with Crippen molar-refractivity contribution in [2.45, 2.75) is 13.3 Å². The summed E-state index contributed by atoms with van der Waals surface area (Å²) in [5.41, 5.74) is 7.93. The number of aryl methyl sites for hydroxylation is 1. The van der Waals surface area contributed by atoms with Crippen LogP contribution in [0.5, 0.6) is 0 Å². The van der Waals surface area contributed by atoms with Crippen LogP contribution < -0.4 is 11.1 Å². The zero-order valence-corrected chi connectivity index (χ0v) is 10.2. The number of carbonyl (C=O) groups is 1. The third kappa shape index (κ3) is 2.68. The smallest absolute Gasteiger partial charge is 0.256 e. The van der Waals surface area contributed by atoms with Gasteiger partial charge in [0, 0.05) is 12.2 Å². The normalized spacial score (nSPS) is 10.3. The van der Waals surface area contributed by atoms with Gasteiger partial charge in [-0.3, -0.25) is 9.89 Å². The van der Waals surface area contributed by atoms with Gasteiger partial charge in [0.05, 0.1) is 0 Å². The number of amides is 1. The van der Waals surface area contributed by atoms with Gasteiger partial charge in [0.25, 0.3) is 5.91 Å². The Hall–Kier alpha value is -2.30. The van der Waals surface area contributed by atoms with Crippen LogP contribution in [-0.4, -0.2) is 22.6 Å². The van der Waals surface area contributed by atoms with E-state index in [1.807, 2.05) is 30.3 Å².